The van der Waals surface area contributed by atoms with Crippen molar-refractivity contribution in [2.45, 2.75) is 46.1 Å². The van der Waals surface area contributed by atoms with E-state index in [2.05, 4.69) is 26.7 Å². The van der Waals surface area contributed by atoms with Gasteiger partial charge in [0.15, 0.2) is 11.6 Å². The molecule has 3 rings (SSSR count). The van der Waals surface area contributed by atoms with Gasteiger partial charge >= 0.3 is 0 Å². The van der Waals surface area contributed by atoms with Crippen molar-refractivity contribution in [2.75, 3.05) is 13.1 Å². The average molecular weight is 344 g/mol. The molecule has 1 aliphatic rings. The first kappa shape index (κ1) is 17.1. The fourth-order valence-corrected chi connectivity index (χ4v) is 4.57. The first-order chi connectivity index (χ1) is 11.5. The number of hydrogen-bond acceptors (Lipinski definition) is 4. The second kappa shape index (κ2) is 7.03. The molecule has 1 atom stereocenters. The predicted molar refractivity (Wildman–Crippen MR) is 97.1 cm³/mol. The SMILES string of the molecule is CCc1c(C(=O)CN2CCCC2c2ccsc2)[nH]c(C)c1C(C)=O. The molecule has 0 bridgehead atoms. The number of nitrogens with one attached hydrogen (secondary N) is 1. The summed E-state index contributed by atoms with van der Waals surface area (Å²) >= 11 is 1.70. The molecule has 1 N–H and O–H groups in total. The standard InChI is InChI=1S/C19H24N2O2S/c1-4-15-18(13(3)22)12(2)20-19(15)17(23)10-21-8-5-6-16(21)14-7-9-24-11-14/h7,9,11,16,20H,4-6,8,10H2,1-3H3. The second-order valence-corrected chi connectivity index (χ2v) is 7.28. The number of thiophene rings is 1. The Bertz CT molecular complexity index is 746. The van der Waals surface area contributed by atoms with Gasteiger partial charge in [-0.1, -0.05) is 6.92 Å². The zero-order valence-corrected chi connectivity index (χ0v) is 15.3. The van der Waals surface area contributed by atoms with Crippen LogP contribution in [0.2, 0.25) is 0 Å². The summed E-state index contributed by atoms with van der Waals surface area (Å²) < 4.78 is 0. The summed E-state index contributed by atoms with van der Waals surface area (Å²) in [7, 11) is 0. The maximum absolute atomic E-state index is 12.9. The Morgan fingerprint density at radius 2 is 2.21 bits per heavy atom. The maximum atomic E-state index is 12.9. The van der Waals surface area contributed by atoms with E-state index in [4.69, 9.17) is 0 Å². The minimum Gasteiger partial charge on any atom is -0.355 e. The van der Waals surface area contributed by atoms with E-state index in [-0.39, 0.29) is 11.6 Å². The van der Waals surface area contributed by atoms with Crippen LogP contribution in [0.1, 0.15) is 70.4 Å². The fraction of sp³-hybridized carbons (Fsp3) is 0.474. The van der Waals surface area contributed by atoms with E-state index in [0.717, 1.165) is 30.6 Å². The number of ketones is 2. The lowest BCUT2D eigenvalue weighted by atomic mass is 10.0. The van der Waals surface area contributed by atoms with E-state index in [1.807, 2.05) is 13.8 Å². The molecule has 0 aliphatic carbocycles. The molecule has 1 aliphatic heterocycles. The van der Waals surface area contributed by atoms with Gasteiger partial charge in [-0.05, 0) is 67.6 Å². The van der Waals surface area contributed by atoms with Crippen LogP contribution in [0.4, 0.5) is 0 Å². The highest BCUT2D eigenvalue weighted by molar-refractivity contribution is 7.07. The predicted octanol–water partition coefficient (Wildman–Crippen LogP) is 4.17. The minimum atomic E-state index is 0.0250. The van der Waals surface area contributed by atoms with Crippen molar-refractivity contribution in [1.82, 2.24) is 9.88 Å². The number of nitrogens with zero attached hydrogens (tertiary/aromatic N) is 1. The Kier molecular flexibility index (Phi) is 5.01. The molecule has 3 heterocycles. The van der Waals surface area contributed by atoms with Crippen LogP contribution >= 0.6 is 11.3 Å². The molecule has 1 saturated heterocycles. The van der Waals surface area contributed by atoms with Crippen molar-refractivity contribution in [3.8, 4) is 0 Å². The van der Waals surface area contributed by atoms with Crippen molar-refractivity contribution in [3.05, 3.63) is 44.9 Å². The average Bonchev–Trinajstić information content (AvgIpc) is 3.24. The third kappa shape index (κ3) is 3.10. The van der Waals surface area contributed by atoms with Crippen LogP contribution in [0.15, 0.2) is 16.8 Å². The smallest absolute Gasteiger partial charge is 0.193 e. The van der Waals surface area contributed by atoms with Gasteiger partial charge in [0.2, 0.25) is 0 Å². The van der Waals surface area contributed by atoms with Crippen molar-refractivity contribution in [1.29, 1.82) is 0 Å². The van der Waals surface area contributed by atoms with Gasteiger partial charge in [0, 0.05) is 17.3 Å². The number of aromatic nitrogens is 1. The van der Waals surface area contributed by atoms with Gasteiger partial charge in [0.1, 0.15) is 0 Å². The zero-order chi connectivity index (χ0) is 17.3. The quantitative estimate of drug-likeness (QED) is 0.800. The first-order valence-electron chi connectivity index (χ1n) is 8.54. The molecule has 0 aromatic carbocycles. The van der Waals surface area contributed by atoms with Gasteiger partial charge in [0.25, 0.3) is 0 Å². The number of H-pyrrole nitrogens is 1. The number of aromatic amines is 1. The lowest BCUT2D eigenvalue weighted by molar-refractivity contribution is 0.0916. The highest BCUT2D eigenvalue weighted by Gasteiger charge is 2.30. The molecule has 4 nitrogen and oxygen atoms in total. The summed E-state index contributed by atoms with van der Waals surface area (Å²) in [6, 6.07) is 2.50. The van der Waals surface area contributed by atoms with Crippen LogP contribution in [-0.2, 0) is 6.42 Å². The second-order valence-electron chi connectivity index (χ2n) is 6.50. The van der Waals surface area contributed by atoms with Gasteiger partial charge in [-0.3, -0.25) is 14.5 Å². The summed E-state index contributed by atoms with van der Waals surface area (Å²) in [5, 5.41) is 4.27. The molecular formula is C19H24N2O2S. The third-order valence-electron chi connectivity index (χ3n) is 4.91. The lowest BCUT2D eigenvalue weighted by Crippen LogP contribution is -2.30. The van der Waals surface area contributed by atoms with E-state index in [1.54, 1.807) is 18.3 Å². The Morgan fingerprint density at radius 1 is 1.42 bits per heavy atom. The van der Waals surface area contributed by atoms with E-state index in [1.165, 1.54) is 5.56 Å². The fourth-order valence-electron chi connectivity index (χ4n) is 3.87. The molecule has 128 valence electrons. The van der Waals surface area contributed by atoms with E-state index >= 15 is 0 Å². The normalized spacial score (nSPS) is 18.2. The molecule has 1 unspecified atom stereocenters. The van der Waals surface area contributed by atoms with Crippen molar-refractivity contribution in [3.63, 3.8) is 0 Å². The van der Waals surface area contributed by atoms with Crippen LogP contribution in [0.3, 0.4) is 0 Å². The van der Waals surface area contributed by atoms with E-state index < -0.39 is 0 Å². The zero-order valence-electron chi connectivity index (χ0n) is 14.5. The summed E-state index contributed by atoms with van der Waals surface area (Å²) in [5.74, 6) is 0.113. The van der Waals surface area contributed by atoms with E-state index in [9.17, 15) is 9.59 Å². The Hall–Kier alpha value is -1.72. The van der Waals surface area contributed by atoms with Crippen molar-refractivity contribution >= 4 is 22.9 Å². The summed E-state index contributed by atoms with van der Waals surface area (Å²) in [6.45, 7) is 6.79. The summed E-state index contributed by atoms with van der Waals surface area (Å²) in [4.78, 5) is 30.2. The molecule has 0 radical (unpaired) electrons. The minimum absolute atomic E-state index is 0.0250. The Balaban J connectivity index is 1.83. The van der Waals surface area contributed by atoms with Gasteiger partial charge in [-0.2, -0.15) is 11.3 Å². The number of aryl methyl sites for hydroxylation is 1. The largest absolute Gasteiger partial charge is 0.355 e. The van der Waals surface area contributed by atoms with E-state index in [0.29, 0.717) is 30.3 Å². The van der Waals surface area contributed by atoms with Crippen molar-refractivity contribution < 1.29 is 9.59 Å². The van der Waals surface area contributed by atoms with Gasteiger partial charge < -0.3 is 4.98 Å². The number of Topliss-reactive ketones (excluding diaryl/α,β-unsaturated/α-hetero) is 2. The van der Waals surface area contributed by atoms with Gasteiger partial charge in [-0.25, -0.2) is 0 Å². The molecule has 5 heteroatoms. The number of likely N-dealkylation sites (tertiary alicyclic amines) is 1. The van der Waals surface area contributed by atoms with Gasteiger partial charge in [0.05, 0.1) is 12.2 Å². The lowest BCUT2D eigenvalue weighted by Gasteiger charge is -2.23. The van der Waals surface area contributed by atoms with Crippen molar-refractivity contribution in [2.24, 2.45) is 0 Å². The summed E-state index contributed by atoms with van der Waals surface area (Å²) in [5.41, 5.74) is 4.30. The van der Waals surface area contributed by atoms with Crippen LogP contribution in [0.25, 0.3) is 0 Å². The highest BCUT2D eigenvalue weighted by atomic mass is 32.1. The van der Waals surface area contributed by atoms with Gasteiger partial charge in [-0.15, -0.1) is 0 Å². The van der Waals surface area contributed by atoms with Crippen LogP contribution < -0.4 is 0 Å². The third-order valence-corrected chi connectivity index (χ3v) is 5.62. The van der Waals surface area contributed by atoms with Crippen LogP contribution in [0, 0.1) is 6.92 Å². The number of carbonyl (C=O) groups is 2. The topological polar surface area (TPSA) is 53.2 Å². The molecule has 0 spiro atoms. The number of carbonyl (C=O) groups excluding carboxylic acids is 2. The molecule has 1 fully saturated rings. The maximum Gasteiger partial charge on any atom is 0.193 e. The number of hydrogen-bond donors (Lipinski definition) is 1. The molecule has 2 aromatic rings. The molecular weight excluding hydrogens is 320 g/mol. The molecule has 0 saturated carbocycles. The monoisotopic (exact) mass is 344 g/mol. The molecule has 0 amide bonds. The Morgan fingerprint density at radius 3 is 2.83 bits per heavy atom. The highest BCUT2D eigenvalue weighted by Crippen LogP contribution is 2.33. The summed E-state index contributed by atoms with van der Waals surface area (Å²) in [6.07, 6.45) is 2.91. The Labute approximate surface area is 146 Å². The molecule has 24 heavy (non-hydrogen) atoms. The number of rotatable bonds is 6. The first-order valence-corrected chi connectivity index (χ1v) is 9.48. The van der Waals surface area contributed by atoms with Crippen LogP contribution in [0.5, 0.6) is 0 Å². The molecule has 2 aromatic heterocycles. The van der Waals surface area contributed by atoms with Crippen LogP contribution in [-0.4, -0.2) is 34.5 Å².